The third-order valence-electron chi connectivity index (χ3n) is 2.38. The number of hydrogen-bond acceptors (Lipinski definition) is 4. The monoisotopic (exact) mass is 264 g/mol. The third-order valence-corrected chi connectivity index (χ3v) is 2.38. The van der Waals surface area contributed by atoms with Crippen LogP contribution >= 0.6 is 0 Å². The van der Waals surface area contributed by atoms with E-state index in [9.17, 15) is 0 Å². The molecule has 4 nitrogen and oxygen atoms in total. The molecule has 2 aromatic rings. The smallest absolute Gasteiger partial charge is 0.115 e. The average molecular weight is 264 g/mol. The average Bonchev–Trinajstić information content (AvgIpc) is 2.52. The van der Waals surface area contributed by atoms with Gasteiger partial charge in [0.25, 0.3) is 0 Å². The summed E-state index contributed by atoms with van der Waals surface area (Å²) in [5, 5.41) is 0. The summed E-state index contributed by atoms with van der Waals surface area (Å²) < 4.78 is 9.36. The predicted octanol–water partition coefficient (Wildman–Crippen LogP) is 2.05. The number of pyridine rings is 2. The van der Waals surface area contributed by atoms with Gasteiger partial charge in [-0.15, -0.1) is 0 Å². The molecule has 2 heterocycles. The minimum atomic E-state index is 0.777. The minimum absolute atomic E-state index is 0.777. The number of rotatable bonds is 1. The molecule has 0 atom stereocenters. The molecule has 0 unspecified atom stereocenters. The van der Waals surface area contributed by atoms with E-state index in [4.69, 9.17) is 0 Å². The first kappa shape index (κ1) is 13.5. The number of nitrogens with zero attached hydrogens (tertiary/aromatic N) is 2. The second-order valence-electron chi connectivity index (χ2n) is 3.73. The summed E-state index contributed by atoms with van der Waals surface area (Å²) in [5.41, 5.74) is 3.13. The van der Waals surface area contributed by atoms with Crippen molar-refractivity contribution < 1.29 is 9.47 Å². The summed E-state index contributed by atoms with van der Waals surface area (Å²) in [6, 6.07) is 7.47. The fourth-order valence-electron chi connectivity index (χ4n) is 1.46. The molecule has 0 aromatic carbocycles. The Morgan fingerprint density at radius 3 is 1.50 bits per heavy atom. The van der Waals surface area contributed by atoms with Crippen molar-refractivity contribution in [2.24, 2.45) is 0 Å². The minimum Gasteiger partial charge on any atom is -0.450 e. The van der Waals surface area contributed by atoms with Crippen molar-refractivity contribution in [1.29, 1.82) is 0 Å². The van der Waals surface area contributed by atoms with Gasteiger partial charge in [0.2, 0.25) is 0 Å². The summed E-state index contributed by atoms with van der Waals surface area (Å²) in [5.74, 6) is 5.64. The molecular weight excluding hydrogens is 252 g/mol. The van der Waals surface area contributed by atoms with Gasteiger partial charge in [-0.25, -0.2) is 0 Å². The van der Waals surface area contributed by atoms with E-state index in [1.807, 2.05) is 24.3 Å². The molecule has 98 valence electrons. The number of hydrogen-bond donors (Lipinski definition) is 0. The fourth-order valence-corrected chi connectivity index (χ4v) is 1.46. The molecule has 2 aromatic heterocycles. The lowest BCUT2D eigenvalue weighted by Gasteiger charge is -2.00. The maximum absolute atomic E-state index is 4.68. The van der Waals surface area contributed by atoms with Crippen LogP contribution in [0.15, 0.2) is 36.7 Å². The van der Waals surface area contributed by atoms with Gasteiger partial charge in [0.05, 0.1) is 25.6 Å². The van der Waals surface area contributed by atoms with Crippen molar-refractivity contribution in [2.75, 3.05) is 14.2 Å². The first-order valence-corrected chi connectivity index (χ1v) is 5.84. The topological polar surface area (TPSA) is 44.2 Å². The highest BCUT2D eigenvalue weighted by molar-refractivity contribution is 5.55. The van der Waals surface area contributed by atoms with Crippen LogP contribution in [-0.2, 0) is 9.47 Å². The van der Waals surface area contributed by atoms with Gasteiger partial charge in [-0.2, -0.15) is 0 Å². The molecule has 0 fully saturated rings. The SMILES string of the molecule is COC#Cc1ccc(-c2ccc(C#COC)cn2)nc1. The van der Waals surface area contributed by atoms with Crippen molar-refractivity contribution >= 4 is 0 Å². The highest BCUT2D eigenvalue weighted by atomic mass is 16.5. The molecule has 2 rings (SSSR count). The Labute approximate surface area is 117 Å². The summed E-state index contributed by atoms with van der Waals surface area (Å²) in [4.78, 5) is 8.62. The van der Waals surface area contributed by atoms with E-state index in [2.05, 4.69) is 43.5 Å². The van der Waals surface area contributed by atoms with Crippen molar-refractivity contribution in [1.82, 2.24) is 9.97 Å². The Balaban J connectivity index is 2.19. The van der Waals surface area contributed by atoms with Gasteiger partial charge in [0.1, 0.15) is 12.2 Å². The number of aromatic nitrogens is 2. The first-order valence-electron chi connectivity index (χ1n) is 5.84. The van der Waals surface area contributed by atoms with Crippen LogP contribution < -0.4 is 0 Å². The Hall–Kier alpha value is -2.98. The molecule has 0 aliphatic rings. The van der Waals surface area contributed by atoms with E-state index < -0.39 is 0 Å². The second kappa shape index (κ2) is 6.82. The van der Waals surface area contributed by atoms with Crippen molar-refractivity contribution in [3.05, 3.63) is 47.8 Å². The van der Waals surface area contributed by atoms with Crippen LogP contribution in [0.4, 0.5) is 0 Å². The molecule has 0 saturated carbocycles. The molecule has 0 N–H and O–H groups in total. The van der Waals surface area contributed by atoms with Gasteiger partial charge >= 0.3 is 0 Å². The van der Waals surface area contributed by atoms with E-state index >= 15 is 0 Å². The molecule has 0 amide bonds. The summed E-state index contributed by atoms with van der Waals surface area (Å²) in [6.45, 7) is 0. The molecule has 0 saturated heterocycles. The third kappa shape index (κ3) is 3.51. The highest BCUT2D eigenvalue weighted by Crippen LogP contribution is 2.14. The zero-order valence-corrected chi connectivity index (χ0v) is 11.2. The molecule has 4 heteroatoms. The van der Waals surface area contributed by atoms with Crippen molar-refractivity contribution in [2.45, 2.75) is 0 Å². The maximum atomic E-state index is 4.68. The highest BCUT2D eigenvalue weighted by Gasteiger charge is 2.00. The molecule has 20 heavy (non-hydrogen) atoms. The van der Waals surface area contributed by atoms with Crippen LogP contribution in [0, 0.1) is 24.1 Å². The van der Waals surface area contributed by atoms with Gasteiger partial charge in [-0.3, -0.25) is 9.97 Å². The lowest BCUT2D eigenvalue weighted by Crippen LogP contribution is -1.89. The van der Waals surface area contributed by atoms with Crippen LogP contribution in [0.5, 0.6) is 0 Å². The Bertz CT molecular complexity index is 620. The van der Waals surface area contributed by atoms with Crippen LogP contribution in [0.25, 0.3) is 11.4 Å². The standard InChI is InChI=1S/C16H12N2O2/c1-19-9-7-13-3-5-15(17-11-13)16-6-4-14(12-18-16)8-10-20-2/h3-6,11-12H,1-2H3. The van der Waals surface area contributed by atoms with E-state index in [0.29, 0.717) is 0 Å². The van der Waals surface area contributed by atoms with Crippen LogP contribution in [-0.4, -0.2) is 24.2 Å². The van der Waals surface area contributed by atoms with Crippen molar-refractivity contribution in [3.8, 4) is 35.4 Å². The van der Waals surface area contributed by atoms with E-state index in [0.717, 1.165) is 22.5 Å². The Kier molecular flexibility index (Phi) is 4.59. The van der Waals surface area contributed by atoms with E-state index in [-0.39, 0.29) is 0 Å². The molecule has 0 aliphatic carbocycles. The van der Waals surface area contributed by atoms with Crippen LogP contribution in [0.1, 0.15) is 11.1 Å². The van der Waals surface area contributed by atoms with Crippen LogP contribution in [0.3, 0.4) is 0 Å². The fraction of sp³-hybridized carbons (Fsp3) is 0.125. The second-order valence-corrected chi connectivity index (χ2v) is 3.73. The Morgan fingerprint density at radius 2 is 1.20 bits per heavy atom. The van der Waals surface area contributed by atoms with Gasteiger partial charge < -0.3 is 9.47 Å². The van der Waals surface area contributed by atoms with Gasteiger partial charge in [0, 0.05) is 23.5 Å². The summed E-state index contributed by atoms with van der Waals surface area (Å²) >= 11 is 0. The molecule has 0 bridgehead atoms. The van der Waals surface area contributed by atoms with E-state index in [1.54, 1.807) is 12.4 Å². The molecular formula is C16H12N2O2. The van der Waals surface area contributed by atoms with E-state index in [1.165, 1.54) is 14.2 Å². The normalized spacial score (nSPS) is 8.70. The van der Waals surface area contributed by atoms with Crippen LogP contribution in [0.2, 0.25) is 0 Å². The molecule has 0 spiro atoms. The van der Waals surface area contributed by atoms with Gasteiger partial charge in [-0.1, -0.05) is 0 Å². The zero-order valence-electron chi connectivity index (χ0n) is 11.2. The van der Waals surface area contributed by atoms with Gasteiger partial charge in [0.15, 0.2) is 0 Å². The first-order chi connectivity index (χ1) is 9.83. The largest absolute Gasteiger partial charge is 0.450 e. The number of ether oxygens (including phenoxy) is 2. The lowest BCUT2D eigenvalue weighted by atomic mass is 10.2. The molecule has 0 aliphatic heterocycles. The molecule has 0 radical (unpaired) electrons. The predicted molar refractivity (Wildman–Crippen MR) is 75.2 cm³/mol. The maximum Gasteiger partial charge on any atom is 0.115 e. The number of methoxy groups -OCH3 is 2. The lowest BCUT2D eigenvalue weighted by molar-refractivity contribution is 0.372. The Morgan fingerprint density at radius 1 is 0.750 bits per heavy atom. The quantitative estimate of drug-likeness (QED) is 0.739. The van der Waals surface area contributed by atoms with Crippen molar-refractivity contribution in [3.63, 3.8) is 0 Å². The summed E-state index contributed by atoms with van der Waals surface area (Å²) in [6.07, 6.45) is 8.40. The van der Waals surface area contributed by atoms with Gasteiger partial charge in [-0.05, 0) is 36.1 Å². The zero-order chi connectivity index (χ0) is 14.2. The summed E-state index contributed by atoms with van der Waals surface area (Å²) in [7, 11) is 3.04.